The average molecular weight is 373 g/mol. The molecule has 0 N–H and O–H groups in total. The van der Waals surface area contributed by atoms with Crippen molar-refractivity contribution in [3.05, 3.63) is 56.1 Å². The van der Waals surface area contributed by atoms with Crippen molar-refractivity contribution in [3.63, 3.8) is 0 Å². The van der Waals surface area contributed by atoms with E-state index in [1.54, 1.807) is 17.4 Å². The fourth-order valence-electron chi connectivity index (χ4n) is 2.45. The Balaban J connectivity index is 1.64. The van der Waals surface area contributed by atoms with Crippen LogP contribution in [0, 0.1) is 20.8 Å². The van der Waals surface area contributed by atoms with E-state index in [9.17, 15) is 9.59 Å². The maximum absolute atomic E-state index is 12.5. The maximum Gasteiger partial charge on any atom is 0.293 e. The van der Waals surface area contributed by atoms with Crippen LogP contribution in [-0.4, -0.2) is 29.2 Å². The van der Waals surface area contributed by atoms with E-state index in [0.717, 1.165) is 39.1 Å². The van der Waals surface area contributed by atoms with E-state index in [0.29, 0.717) is 4.91 Å². The van der Waals surface area contributed by atoms with Gasteiger partial charge in [0.2, 0.25) is 0 Å². The first kappa shape index (κ1) is 17.8. The zero-order valence-electron chi connectivity index (χ0n) is 14.4. The first-order chi connectivity index (χ1) is 12.0. The summed E-state index contributed by atoms with van der Waals surface area (Å²) in [6, 6.07) is 7.98. The lowest BCUT2D eigenvalue weighted by molar-refractivity contribution is -0.123. The fraction of sp³-hybridized carbons (Fsp3) is 0.263. The second-order valence-corrected chi connectivity index (χ2v) is 7.86. The molecule has 0 spiro atoms. The van der Waals surface area contributed by atoms with Crippen LogP contribution in [0.15, 0.2) is 34.6 Å². The van der Waals surface area contributed by atoms with Crippen LogP contribution in [0.5, 0.6) is 5.75 Å². The molecule has 3 rings (SSSR count). The summed E-state index contributed by atoms with van der Waals surface area (Å²) in [7, 11) is 0. The van der Waals surface area contributed by atoms with Gasteiger partial charge >= 0.3 is 0 Å². The van der Waals surface area contributed by atoms with Gasteiger partial charge in [0.25, 0.3) is 11.1 Å². The minimum atomic E-state index is -0.243. The quantitative estimate of drug-likeness (QED) is 0.707. The number of hydrogen-bond donors (Lipinski definition) is 0. The van der Waals surface area contributed by atoms with E-state index in [4.69, 9.17) is 4.74 Å². The van der Waals surface area contributed by atoms with E-state index in [1.807, 2.05) is 50.4 Å². The third-order valence-electron chi connectivity index (χ3n) is 3.95. The average Bonchev–Trinajstić information content (AvgIpc) is 3.09. The molecule has 0 bridgehead atoms. The molecular weight excluding hydrogens is 354 g/mol. The van der Waals surface area contributed by atoms with Gasteiger partial charge in [-0.15, -0.1) is 11.3 Å². The minimum absolute atomic E-state index is 0.241. The van der Waals surface area contributed by atoms with E-state index < -0.39 is 0 Å². The third kappa shape index (κ3) is 3.96. The van der Waals surface area contributed by atoms with E-state index in [-0.39, 0.29) is 24.3 Å². The molecule has 0 radical (unpaired) electrons. The Kier molecular flexibility index (Phi) is 5.30. The van der Waals surface area contributed by atoms with Crippen LogP contribution in [0.3, 0.4) is 0 Å². The Morgan fingerprint density at radius 2 is 1.92 bits per heavy atom. The SMILES string of the molecule is Cc1ccc(C)c(OCCN2C(=O)S/C(=C\c3sccc3C)C2=O)c1. The number of amides is 2. The van der Waals surface area contributed by atoms with Crippen molar-refractivity contribution in [2.45, 2.75) is 20.8 Å². The number of aryl methyl sites for hydroxylation is 3. The van der Waals surface area contributed by atoms with Gasteiger partial charge in [-0.25, -0.2) is 0 Å². The zero-order valence-corrected chi connectivity index (χ0v) is 16.0. The lowest BCUT2D eigenvalue weighted by atomic mass is 10.1. The number of thioether (sulfide) groups is 1. The van der Waals surface area contributed by atoms with Crippen molar-refractivity contribution < 1.29 is 14.3 Å². The normalized spacial score (nSPS) is 16.1. The smallest absolute Gasteiger partial charge is 0.293 e. The topological polar surface area (TPSA) is 46.6 Å². The first-order valence-corrected chi connectivity index (χ1v) is 9.65. The van der Waals surface area contributed by atoms with Gasteiger partial charge in [-0.1, -0.05) is 12.1 Å². The molecule has 4 nitrogen and oxygen atoms in total. The van der Waals surface area contributed by atoms with Gasteiger partial charge in [0.15, 0.2) is 0 Å². The van der Waals surface area contributed by atoms with Crippen molar-refractivity contribution in [2.24, 2.45) is 0 Å². The Hall–Kier alpha value is -2.05. The number of nitrogens with zero attached hydrogens (tertiary/aromatic N) is 1. The van der Waals surface area contributed by atoms with Crippen LogP contribution >= 0.6 is 23.1 Å². The van der Waals surface area contributed by atoms with E-state index in [1.165, 1.54) is 4.90 Å². The van der Waals surface area contributed by atoms with Crippen molar-refractivity contribution in [1.82, 2.24) is 4.90 Å². The molecule has 0 unspecified atom stereocenters. The van der Waals surface area contributed by atoms with Crippen LogP contribution in [0.2, 0.25) is 0 Å². The number of thiophene rings is 1. The largest absolute Gasteiger partial charge is 0.491 e. The molecule has 0 aliphatic carbocycles. The predicted octanol–water partition coefficient (Wildman–Crippen LogP) is 4.79. The van der Waals surface area contributed by atoms with E-state index >= 15 is 0 Å². The van der Waals surface area contributed by atoms with Crippen molar-refractivity contribution in [2.75, 3.05) is 13.2 Å². The summed E-state index contributed by atoms with van der Waals surface area (Å²) in [4.78, 5) is 27.4. The van der Waals surface area contributed by atoms with Gasteiger partial charge in [-0.05, 0) is 72.8 Å². The highest BCUT2D eigenvalue weighted by molar-refractivity contribution is 8.18. The number of imide groups is 1. The molecule has 1 aliphatic heterocycles. The van der Waals surface area contributed by atoms with Crippen molar-refractivity contribution in [3.8, 4) is 5.75 Å². The summed E-state index contributed by atoms with van der Waals surface area (Å²) in [6.45, 7) is 6.50. The zero-order chi connectivity index (χ0) is 18.0. The number of carbonyl (C=O) groups is 2. The van der Waals surface area contributed by atoms with Crippen LogP contribution in [0.25, 0.3) is 6.08 Å². The highest BCUT2D eigenvalue weighted by Gasteiger charge is 2.35. The highest BCUT2D eigenvalue weighted by Crippen LogP contribution is 2.33. The van der Waals surface area contributed by atoms with Crippen LogP contribution in [0.4, 0.5) is 4.79 Å². The molecule has 0 atom stereocenters. The standard InChI is InChI=1S/C19H19NO3S2/c1-12-4-5-13(2)15(10-12)23-8-7-20-18(21)17(25-19(20)22)11-16-14(3)6-9-24-16/h4-6,9-11H,7-8H2,1-3H3/b17-11-. The van der Waals surface area contributed by atoms with Gasteiger partial charge < -0.3 is 4.74 Å². The van der Waals surface area contributed by atoms with Gasteiger partial charge in [0.05, 0.1) is 11.4 Å². The first-order valence-electron chi connectivity index (χ1n) is 7.95. The summed E-state index contributed by atoms with van der Waals surface area (Å²) in [5.41, 5.74) is 3.25. The number of ether oxygens (including phenoxy) is 1. The maximum atomic E-state index is 12.5. The summed E-state index contributed by atoms with van der Waals surface area (Å²) >= 11 is 2.55. The van der Waals surface area contributed by atoms with Gasteiger partial charge in [-0.2, -0.15) is 0 Å². The van der Waals surface area contributed by atoms with Crippen molar-refractivity contribution >= 4 is 40.3 Å². The molecule has 1 fully saturated rings. The Morgan fingerprint density at radius 1 is 1.12 bits per heavy atom. The molecular formula is C19H19NO3S2. The number of rotatable bonds is 5. The molecule has 0 saturated carbocycles. The summed E-state index contributed by atoms with van der Waals surface area (Å²) < 4.78 is 5.76. The Bertz CT molecular complexity index is 854. The Morgan fingerprint density at radius 3 is 2.64 bits per heavy atom. The van der Waals surface area contributed by atoms with Crippen LogP contribution in [0.1, 0.15) is 21.6 Å². The molecule has 6 heteroatoms. The lowest BCUT2D eigenvalue weighted by Gasteiger charge is -2.14. The lowest BCUT2D eigenvalue weighted by Crippen LogP contribution is -2.32. The molecule has 25 heavy (non-hydrogen) atoms. The van der Waals surface area contributed by atoms with Gasteiger partial charge in [-0.3, -0.25) is 14.5 Å². The second kappa shape index (κ2) is 7.45. The van der Waals surface area contributed by atoms with Gasteiger partial charge in [0, 0.05) is 4.88 Å². The number of hydrogen-bond acceptors (Lipinski definition) is 5. The molecule has 2 heterocycles. The molecule has 1 aromatic carbocycles. The summed E-state index contributed by atoms with van der Waals surface area (Å²) in [6.07, 6.45) is 1.80. The molecule has 1 saturated heterocycles. The molecule has 2 amide bonds. The number of carbonyl (C=O) groups excluding carboxylic acids is 2. The van der Waals surface area contributed by atoms with Crippen molar-refractivity contribution in [1.29, 1.82) is 0 Å². The molecule has 130 valence electrons. The Labute approximate surface area is 155 Å². The van der Waals surface area contributed by atoms with Gasteiger partial charge in [0.1, 0.15) is 12.4 Å². The summed E-state index contributed by atoms with van der Waals surface area (Å²) in [5.74, 6) is 0.545. The summed E-state index contributed by atoms with van der Waals surface area (Å²) in [5, 5.41) is 1.73. The minimum Gasteiger partial charge on any atom is -0.491 e. The van der Waals surface area contributed by atoms with Crippen LogP contribution < -0.4 is 4.74 Å². The highest BCUT2D eigenvalue weighted by atomic mass is 32.2. The predicted molar refractivity (Wildman–Crippen MR) is 103 cm³/mol. The fourth-order valence-corrected chi connectivity index (χ4v) is 4.23. The van der Waals surface area contributed by atoms with E-state index in [2.05, 4.69) is 0 Å². The third-order valence-corrected chi connectivity index (χ3v) is 5.83. The molecule has 1 aromatic heterocycles. The molecule has 1 aliphatic rings. The van der Waals surface area contributed by atoms with Crippen LogP contribution in [-0.2, 0) is 4.79 Å². The molecule has 2 aromatic rings. The second-order valence-electron chi connectivity index (χ2n) is 5.92. The number of benzene rings is 1. The monoisotopic (exact) mass is 373 g/mol.